The summed E-state index contributed by atoms with van der Waals surface area (Å²) < 4.78 is 6.09. The molecule has 0 amide bonds. The number of non-ortho nitro benzene ring substituents is 1. The molecule has 1 aliphatic heterocycles. The first-order valence-electron chi connectivity index (χ1n) is 10.8. The molecule has 3 rings (SSSR count). The van der Waals surface area contributed by atoms with Crippen molar-refractivity contribution in [3.8, 4) is 5.75 Å². The summed E-state index contributed by atoms with van der Waals surface area (Å²) in [6.45, 7) is 6.12. The highest BCUT2D eigenvalue weighted by Crippen LogP contribution is 2.34. The SMILES string of the molecule is CCCCN1CCC(c2ccc(N(C)C)cc2)C(COc2ccc([N+](=O)[O-])cc2)C1. The summed E-state index contributed by atoms with van der Waals surface area (Å²) >= 11 is 0. The zero-order valence-corrected chi connectivity index (χ0v) is 18.3. The Morgan fingerprint density at radius 1 is 1.13 bits per heavy atom. The molecule has 162 valence electrons. The first kappa shape index (κ1) is 22.1. The molecule has 0 aromatic heterocycles. The quantitative estimate of drug-likeness (QED) is 0.432. The van der Waals surface area contributed by atoms with Crippen LogP contribution in [0.5, 0.6) is 5.75 Å². The van der Waals surface area contributed by atoms with Gasteiger partial charge in [0.1, 0.15) is 5.75 Å². The van der Waals surface area contributed by atoms with Gasteiger partial charge in [-0.2, -0.15) is 0 Å². The molecule has 1 heterocycles. The van der Waals surface area contributed by atoms with Crippen molar-refractivity contribution in [2.45, 2.75) is 32.1 Å². The van der Waals surface area contributed by atoms with Crippen molar-refractivity contribution in [2.75, 3.05) is 45.2 Å². The number of nitro groups is 1. The number of hydrogen-bond acceptors (Lipinski definition) is 5. The smallest absolute Gasteiger partial charge is 0.269 e. The van der Waals surface area contributed by atoms with Gasteiger partial charge in [0.15, 0.2) is 0 Å². The molecule has 0 radical (unpaired) electrons. The van der Waals surface area contributed by atoms with Gasteiger partial charge in [-0.1, -0.05) is 25.5 Å². The Labute approximate surface area is 179 Å². The molecule has 2 aromatic carbocycles. The molecule has 0 N–H and O–H groups in total. The fourth-order valence-electron chi connectivity index (χ4n) is 4.19. The Hall–Kier alpha value is -2.60. The molecule has 1 saturated heterocycles. The Morgan fingerprint density at radius 3 is 2.43 bits per heavy atom. The highest BCUT2D eigenvalue weighted by Gasteiger charge is 2.30. The second kappa shape index (κ2) is 10.4. The zero-order chi connectivity index (χ0) is 21.5. The van der Waals surface area contributed by atoms with Gasteiger partial charge in [0.05, 0.1) is 11.5 Å². The van der Waals surface area contributed by atoms with Crippen LogP contribution in [0.3, 0.4) is 0 Å². The minimum Gasteiger partial charge on any atom is -0.493 e. The number of hydrogen-bond donors (Lipinski definition) is 0. The molecule has 2 aromatic rings. The monoisotopic (exact) mass is 411 g/mol. The summed E-state index contributed by atoms with van der Waals surface area (Å²) in [6, 6.07) is 15.3. The standard InChI is InChI=1S/C24H33N3O3/c1-4-5-15-26-16-14-24(19-6-8-21(9-7-19)25(2)3)20(17-26)18-30-23-12-10-22(11-13-23)27(28)29/h6-13,20,24H,4-5,14-18H2,1-3H3. The maximum absolute atomic E-state index is 10.9. The van der Waals surface area contributed by atoms with Crippen molar-refractivity contribution in [2.24, 2.45) is 5.92 Å². The van der Waals surface area contributed by atoms with Crippen molar-refractivity contribution in [3.05, 3.63) is 64.2 Å². The molecule has 1 aliphatic rings. The number of nitrogens with zero attached hydrogens (tertiary/aromatic N) is 3. The molecular weight excluding hydrogens is 378 g/mol. The van der Waals surface area contributed by atoms with Crippen LogP contribution in [0.1, 0.15) is 37.7 Å². The summed E-state index contributed by atoms with van der Waals surface area (Å²) in [5.74, 6) is 1.53. The third kappa shape index (κ3) is 5.72. The summed E-state index contributed by atoms with van der Waals surface area (Å²) in [6.07, 6.45) is 3.55. The van der Waals surface area contributed by atoms with E-state index in [1.807, 2.05) is 0 Å². The van der Waals surface area contributed by atoms with Crippen LogP contribution in [-0.4, -0.2) is 50.2 Å². The van der Waals surface area contributed by atoms with Gasteiger partial charge >= 0.3 is 0 Å². The van der Waals surface area contributed by atoms with E-state index in [1.54, 1.807) is 12.1 Å². The number of anilines is 1. The molecular formula is C24H33N3O3. The van der Waals surface area contributed by atoms with Crippen molar-refractivity contribution >= 4 is 11.4 Å². The molecule has 6 nitrogen and oxygen atoms in total. The van der Waals surface area contributed by atoms with Gasteiger partial charge < -0.3 is 14.5 Å². The van der Waals surface area contributed by atoms with Gasteiger partial charge in [-0.05, 0) is 61.7 Å². The Morgan fingerprint density at radius 2 is 1.83 bits per heavy atom. The Bertz CT molecular complexity index is 805. The lowest BCUT2D eigenvalue weighted by molar-refractivity contribution is -0.384. The van der Waals surface area contributed by atoms with E-state index in [0.29, 0.717) is 24.2 Å². The maximum atomic E-state index is 10.9. The van der Waals surface area contributed by atoms with Crippen LogP contribution in [0.25, 0.3) is 0 Å². The van der Waals surface area contributed by atoms with Crippen molar-refractivity contribution < 1.29 is 9.66 Å². The van der Waals surface area contributed by atoms with Crippen LogP contribution in [0.4, 0.5) is 11.4 Å². The number of benzene rings is 2. The number of nitro benzene ring substituents is 1. The van der Waals surface area contributed by atoms with E-state index in [1.165, 1.54) is 36.2 Å². The van der Waals surface area contributed by atoms with Crippen LogP contribution in [0.2, 0.25) is 0 Å². The van der Waals surface area contributed by atoms with E-state index in [0.717, 1.165) is 26.1 Å². The third-order valence-corrected chi connectivity index (χ3v) is 6.00. The fraction of sp³-hybridized carbons (Fsp3) is 0.500. The molecule has 6 heteroatoms. The molecule has 2 unspecified atom stereocenters. The first-order chi connectivity index (χ1) is 14.5. The van der Waals surface area contributed by atoms with Crippen LogP contribution in [0.15, 0.2) is 48.5 Å². The van der Waals surface area contributed by atoms with Gasteiger partial charge in [0, 0.05) is 44.4 Å². The van der Waals surface area contributed by atoms with Gasteiger partial charge in [-0.25, -0.2) is 0 Å². The summed E-state index contributed by atoms with van der Waals surface area (Å²) in [7, 11) is 4.12. The predicted octanol–water partition coefficient (Wildman–Crippen LogP) is 4.95. The normalized spacial score (nSPS) is 19.4. The number of ether oxygens (including phenoxy) is 1. The van der Waals surface area contributed by atoms with E-state index in [4.69, 9.17) is 4.74 Å². The Balaban J connectivity index is 1.71. The minimum atomic E-state index is -0.385. The van der Waals surface area contributed by atoms with Gasteiger partial charge in [-0.15, -0.1) is 0 Å². The van der Waals surface area contributed by atoms with Gasteiger partial charge in [0.25, 0.3) is 5.69 Å². The molecule has 0 aliphatic carbocycles. The molecule has 1 fully saturated rings. The average molecular weight is 412 g/mol. The number of unbranched alkanes of at least 4 members (excludes halogenated alkanes) is 1. The second-order valence-electron chi connectivity index (χ2n) is 8.36. The summed E-state index contributed by atoms with van der Waals surface area (Å²) in [5, 5.41) is 10.9. The van der Waals surface area contributed by atoms with E-state index in [2.05, 4.69) is 55.1 Å². The van der Waals surface area contributed by atoms with Crippen molar-refractivity contribution in [3.63, 3.8) is 0 Å². The average Bonchev–Trinajstić information content (AvgIpc) is 2.76. The van der Waals surface area contributed by atoms with E-state index in [-0.39, 0.29) is 10.6 Å². The largest absolute Gasteiger partial charge is 0.493 e. The Kier molecular flexibility index (Phi) is 7.69. The lowest BCUT2D eigenvalue weighted by atomic mass is 9.80. The van der Waals surface area contributed by atoms with Crippen LogP contribution < -0.4 is 9.64 Å². The highest BCUT2D eigenvalue weighted by molar-refractivity contribution is 5.46. The number of piperidine rings is 1. The van der Waals surface area contributed by atoms with Gasteiger partial charge in [-0.3, -0.25) is 10.1 Å². The van der Waals surface area contributed by atoms with Crippen molar-refractivity contribution in [1.82, 2.24) is 4.90 Å². The molecule has 0 spiro atoms. The summed E-state index contributed by atoms with van der Waals surface area (Å²) in [4.78, 5) is 15.1. The van der Waals surface area contributed by atoms with Crippen LogP contribution >= 0.6 is 0 Å². The summed E-state index contributed by atoms with van der Waals surface area (Å²) in [5.41, 5.74) is 2.66. The topological polar surface area (TPSA) is 58.8 Å². The zero-order valence-electron chi connectivity index (χ0n) is 18.3. The molecule has 2 atom stereocenters. The third-order valence-electron chi connectivity index (χ3n) is 6.00. The van der Waals surface area contributed by atoms with Crippen LogP contribution in [-0.2, 0) is 0 Å². The number of rotatable bonds is 9. The maximum Gasteiger partial charge on any atom is 0.269 e. The highest BCUT2D eigenvalue weighted by atomic mass is 16.6. The molecule has 0 bridgehead atoms. The first-order valence-corrected chi connectivity index (χ1v) is 10.8. The molecule has 0 saturated carbocycles. The number of likely N-dealkylation sites (tertiary alicyclic amines) is 1. The lowest BCUT2D eigenvalue weighted by Crippen LogP contribution is -2.42. The van der Waals surface area contributed by atoms with Crippen molar-refractivity contribution in [1.29, 1.82) is 0 Å². The van der Waals surface area contributed by atoms with E-state index < -0.39 is 0 Å². The molecule has 30 heavy (non-hydrogen) atoms. The van der Waals surface area contributed by atoms with Crippen LogP contribution in [0, 0.1) is 16.0 Å². The second-order valence-corrected chi connectivity index (χ2v) is 8.36. The van der Waals surface area contributed by atoms with E-state index >= 15 is 0 Å². The predicted molar refractivity (Wildman–Crippen MR) is 122 cm³/mol. The van der Waals surface area contributed by atoms with Gasteiger partial charge in [0.2, 0.25) is 0 Å². The lowest BCUT2D eigenvalue weighted by Gasteiger charge is -2.39. The van der Waals surface area contributed by atoms with E-state index in [9.17, 15) is 10.1 Å². The minimum absolute atomic E-state index is 0.0876. The fourth-order valence-corrected chi connectivity index (χ4v) is 4.19.